The van der Waals surface area contributed by atoms with E-state index in [1.54, 1.807) is 0 Å². The Bertz CT molecular complexity index is 300. The van der Waals surface area contributed by atoms with Gasteiger partial charge in [-0.05, 0) is 18.3 Å². The predicted molar refractivity (Wildman–Crippen MR) is 65.0 cm³/mol. The van der Waals surface area contributed by atoms with Crippen LogP contribution in [0.4, 0.5) is 5.95 Å². The Morgan fingerprint density at radius 2 is 2.13 bits per heavy atom. The van der Waals surface area contributed by atoms with Gasteiger partial charge in [-0.3, -0.25) is 0 Å². The van der Waals surface area contributed by atoms with Crippen LogP contribution in [0.2, 0.25) is 0 Å². The summed E-state index contributed by atoms with van der Waals surface area (Å²) in [6, 6.07) is 0. The molecule has 0 radical (unpaired) electrons. The lowest BCUT2D eigenvalue weighted by atomic mass is 9.81. The molecule has 0 aliphatic carbocycles. The highest BCUT2D eigenvalue weighted by atomic mass is 15.2. The minimum absolute atomic E-state index is 0.296. The van der Waals surface area contributed by atoms with Gasteiger partial charge in [-0.1, -0.05) is 27.7 Å². The van der Waals surface area contributed by atoms with E-state index >= 15 is 0 Å². The second-order valence-corrected chi connectivity index (χ2v) is 5.03. The van der Waals surface area contributed by atoms with E-state index < -0.39 is 0 Å². The molecular weight excluding hydrogens is 186 g/mol. The van der Waals surface area contributed by atoms with Crippen molar-refractivity contribution in [1.29, 1.82) is 0 Å². The van der Waals surface area contributed by atoms with Crippen LogP contribution in [0.3, 0.4) is 0 Å². The zero-order chi connectivity index (χ0) is 11.5. The van der Waals surface area contributed by atoms with Crippen LogP contribution in [0.15, 0.2) is 12.4 Å². The maximum absolute atomic E-state index is 4.30. The number of imidazole rings is 1. The molecule has 0 amide bonds. The van der Waals surface area contributed by atoms with E-state index in [1.165, 1.54) is 0 Å². The van der Waals surface area contributed by atoms with Gasteiger partial charge in [-0.15, -0.1) is 0 Å². The van der Waals surface area contributed by atoms with Gasteiger partial charge in [0.15, 0.2) is 0 Å². The molecule has 15 heavy (non-hydrogen) atoms. The summed E-state index contributed by atoms with van der Waals surface area (Å²) in [5.74, 6) is 1.64. The molecule has 86 valence electrons. The number of anilines is 1. The first-order valence-electron chi connectivity index (χ1n) is 5.72. The largest absolute Gasteiger partial charge is 0.355 e. The summed E-state index contributed by atoms with van der Waals surface area (Å²) >= 11 is 0. The van der Waals surface area contributed by atoms with E-state index in [1.807, 2.05) is 12.4 Å². The molecule has 0 atom stereocenters. The number of hydrogen-bond donors (Lipinski definition) is 1. The number of aryl methyl sites for hydroxylation is 1. The molecule has 1 heterocycles. The van der Waals surface area contributed by atoms with E-state index in [-0.39, 0.29) is 0 Å². The summed E-state index contributed by atoms with van der Waals surface area (Å²) in [5, 5.41) is 3.42. The SMILES string of the molecule is CCn1ccnc1NCC(C)(C)C(C)C. The van der Waals surface area contributed by atoms with Crippen LogP contribution in [0, 0.1) is 11.3 Å². The lowest BCUT2D eigenvalue weighted by Crippen LogP contribution is -2.29. The van der Waals surface area contributed by atoms with Gasteiger partial charge in [0.2, 0.25) is 5.95 Å². The molecule has 1 N–H and O–H groups in total. The zero-order valence-corrected chi connectivity index (χ0v) is 10.5. The van der Waals surface area contributed by atoms with Crippen molar-refractivity contribution in [2.24, 2.45) is 11.3 Å². The van der Waals surface area contributed by atoms with Crippen LogP contribution in [0.5, 0.6) is 0 Å². The van der Waals surface area contributed by atoms with Gasteiger partial charge < -0.3 is 9.88 Å². The summed E-state index contributed by atoms with van der Waals surface area (Å²) in [6.45, 7) is 13.1. The third-order valence-electron chi connectivity index (χ3n) is 3.32. The number of aromatic nitrogens is 2. The second kappa shape index (κ2) is 4.69. The summed E-state index contributed by atoms with van der Waals surface area (Å²) in [6.07, 6.45) is 3.85. The molecule has 0 spiro atoms. The van der Waals surface area contributed by atoms with Gasteiger partial charge in [-0.2, -0.15) is 0 Å². The van der Waals surface area contributed by atoms with Crippen LogP contribution >= 0.6 is 0 Å². The monoisotopic (exact) mass is 209 g/mol. The summed E-state index contributed by atoms with van der Waals surface area (Å²) in [5.41, 5.74) is 0.296. The Labute approximate surface area is 92.9 Å². The molecule has 1 rings (SSSR count). The number of hydrogen-bond acceptors (Lipinski definition) is 2. The van der Waals surface area contributed by atoms with Gasteiger partial charge in [0.1, 0.15) is 0 Å². The fraction of sp³-hybridized carbons (Fsp3) is 0.750. The van der Waals surface area contributed by atoms with Crippen molar-refractivity contribution in [3.05, 3.63) is 12.4 Å². The first-order valence-corrected chi connectivity index (χ1v) is 5.72. The fourth-order valence-corrected chi connectivity index (χ4v) is 1.24. The standard InChI is InChI=1S/C12H23N3/c1-6-15-8-7-13-11(15)14-9-12(4,5)10(2)3/h7-8,10H,6,9H2,1-5H3,(H,13,14). The highest BCUT2D eigenvalue weighted by Gasteiger charge is 2.22. The summed E-state index contributed by atoms with van der Waals surface area (Å²) in [4.78, 5) is 4.30. The van der Waals surface area contributed by atoms with Gasteiger partial charge >= 0.3 is 0 Å². The van der Waals surface area contributed by atoms with Gasteiger partial charge in [0.05, 0.1) is 0 Å². The van der Waals surface area contributed by atoms with E-state index in [2.05, 4.69) is 49.5 Å². The number of rotatable bonds is 5. The highest BCUT2D eigenvalue weighted by Crippen LogP contribution is 2.25. The second-order valence-electron chi connectivity index (χ2n) is 5.03. The predicted octanol–water partition coefficient (Wildman–Crippen LogP) is 3.00. The van der Waals surface area contributed by atoms with Gasteiger partial charge in [0, 0.05) is 25.5 Å². The van der Waals surface area contributed by atoms with E-state index in [0.29, 0.717) is 11.3 Å². The first kappa shape index (κ1) is 12.1. The van der Waals surface area contributed by atoms with Crippen molar-refractivity contribution in [2.75, 3.05) is 11.9 Å². The van der Waals surface area contributed by atoms with Gasteiger partial charge in [0.25, 0.3) is 0 Å². The molecule has 3 heteroatoms. The molecule has 0 fully saturated rings. The zero-order valence-electron chi connectivity index (χ0n) is 10.5. The Morgan fingerprint density at radius 1 is 1.47 bits per heavy atom. The molecule has 0 aromatic carbocycles. The molecule has 0 saturated heterocycles. The highest BCUT2D eigenvalue weighted by molar-refractivity contribution is 5.26. The van der Waals surface area contributed by atoms with Crippen LogP contribution in [-0.2, 0) is 6.54 Å². The Morgan fingerprint density at radius 3 is 2.67 bits per heavy atom. The van der Waals surface area contributed by atoms with E-state index in [9.17, 15) is 0 Å². The minimum Gasteiger partial charge on any atom is -0.355 e. The third-order valence-corrected chi connectivity index (χ3v) is 3.32. The average Bonchev–Trinajstić information content (AvgIpc) is 2.61. The summed E-state index contributed by atoms with van der Waals surface area (Å²) in [7, 11) is 0. The fourth-order valence-electron chi connectivity index (χ4n) is 1.24. The maximum Gasteiger partial charge on any atom is 0.202 e. The van der Waals surface area contributed by atoms with Crippen molar-refractivity contribution in [2.45, 2.75) is 41.2 Å². The Hall–Kier alpha value is -0.990. The lowest BCUT2D eigenvalue weighted by Gasteiger charge is -2.29. The minimum atomic E-state index is 0.296. The van der Waals surface area contributed by atoms with Crippen LogP contribution in [0.1, 0.15) is 34.6 Å². The van der Waals surface area contributed by atoms with Crippen LogP contribution < -0.4 is 5.32 Å². The van der Waals surface area contributed by atoms with Crippen LogP contribution in [0.25, 0.3) is 0 Å². The Balaban J connectivity index is 2.57. The molecule has 0 saturated carbocycles. The molecular formula is C12H23N3. The molecule has 1 aromatic rings. The molecule has 0 aliphatic rings. The third kappa shape index (κ3) is 2.98. The van der Waals surface area contributed by atoms with Crippen molar-refractivity contribution < 1.29 is 0 Å². The molecule has 0 unspecified atom stereocenters. The number of nitrogens with one attached hydrogen (secondary N) is 1. The first-order chi connectivity index (χ1) is 6.97. The average molecular weight is 209 g/mol. The quantitative estimate of drug-likeness (QED) is 0.808. The molecule has 0 bridgehead atoms. The van der Waals surface area contributed by atoms with Crippen LogP contribution in [-0.4, -0.2) is 16.1 Å². The van der Waals surface area contributed by atoms with Crippen molar-refractivity contribution >= 4 is 5.95 Å². The topological polar surface area (TPSA) is 29.9 Å². The van der Waals surface area contributed by atoms with Gasteiger partial charge in [-0.25, -0.2) is 4.98 Å². The van der Waals surface area contributed by atoms with Crippen molar-refractivity contribution in [3.63, 3.8) is 0 Å². The normalized spacial score (nSPS) is 12.1. The van der Waals surface area contributed by atoms with Crippen molar-refractivity contribution in [3.8, 4) is 0 Å². The number of nitrogens with zero attached hydrogens (tertiary/aromatic N) is 2. The summed E-state index contributed by atoms with van der Waals surface area (Å²) < 4.78 is 2.12. The maximum atomic E-state index is 4.30. The lowest BCUT2D eigenvalue weighted by molar-refractivity contribution is 0.269. The van der Waals surface area contributed by atoms with E-state index in [4.69, 9.17) is 0 Å². The molecule has 0 aliphatic heterocycles. The molecule has 1 aromatic heterocycles. The molecule has 3 nitrogen and oxygen atoms in total. The Kier molecular flexibility index (Phi) is 3.77. The van der Waals surface area contributed by atoms with E-state index in [0.717, 1.165) is 19.0 Å². The van der Waals surface area contributed by atoms with Crippen molar-refractivity contribution in [1.82, 2.24) is 9.55 Å². The smallest absolute Gasteiger partial charge is 0.202 e.